The topological polar surface area (TPSA) is 83.1 Å². The molecule has 0 aliphatic carbocycles. The summed E-state index contributed by atoms with van der Waals surface area (Å²) in [5.41, 5.74) is 1.89. The number of carbonyl (C=O) groups excluding carboxylic acids is 2. The summed E-state index contributed by atoms with van der Waals surface area (Å²) < 4.78 is 21.9. The number of nitrogens with one attached hydrogen (secondary N) is 1. The molecule has 1 atom stereocenters. The van der Waals surface area contributed by atoms with Crippen LogP contribution in [-0.4, -0.2) is 36.9 Å². The maximum Gasteiger partial charge on any atom is 0.408 e. The van der Waals surface area contributed by atoms with Gasteiger partial charge in [-0.2, -0.15) is 0 Å². The van der Waals surface area contributed by atoms with Crippen molar-refractivity contribution in [2.24, 2.45) is 0 Å². The molecule has 31 heavy (non-hydrogen) atoms. The first kappa shape index (κ1) is 22.8. The highest BCUT2D eigenvalue weighted by Crippen LogP contribution is 2.24. The molecule has 7 nitrogen and oxygen atoms in total. The summed E-state index contributed by atoms with van der Waals surface area (Å²) in [6.45, 7) is 6.50. The van der Waals surface area contributed by atoms with E-state index in [0.717, 1.165) is 16.7 Å². The maximum absolute atomic E-state index is 12.8. The molecule has 0 unspecified atom stereocenters. The lowest BCUT2D eigenvalue weighted by molar-refractivity contribution is -0.147. The van der Waals surface area contributed by atoms with Crippen LogP contribution in [0.4, 0.5) is 4.79 Å². The van der Waals surface area contributed by atoms with Crippen LogP contribution in [0.2, 0.25) is 0 Å². The van der Waals surface area contributed by atoms with Gasteiger partial charge in [-0.05, 0) is 31.9 Å². The number of carbonyl (C=O) groups is 2. The van der Waals surface area contributed by atoms with Crippen LogP contribution in [0.1, 0.15) is 43.8 Å². The van der Waals surface area contributed by atoms with E-state index < -0.39 is 30.0 Å². The van der Waals surface area contributed by atoms with Crippen molar-refractivity contribution in [2.75, 3.05) is 13.2 Å². The first-order valence-corrected chi connectivity index (χ1v) is 10.3. The van der Waals surface area contributed by atoms with Gasteiger partial charge in [-0.3, -0.25) is 0 Å². The van der Waals surface area contributed by atoms with Gasteiger partial charge in [0.1, 0.15) is 18.2 Å². The van der Waals surface area contributed by atoms with Crippen molar-refractivity contribution in [3.63, 3.8) is 0 Å². The number of rotatable bonds is 7. The third kappa shape index (κ3) is 7.38. The fourth-order valence-electron chi connectivity index (χ4n) is 3.13. The number of esters is 1. The molecule has 0 bridgehead atoms. The van der Waals surface area contributed by atoms with Gasteiger partial charge >= 0.3 is 12.1 Å². The van der Waals surface area contributed by atoms with Crippen molar-refractivity contribution in [3.8, 4) is 0 Å². The predicted molar refractivity (Wildman–Crippen MR) is 114 cm³/mol. The number of ether oxygens (including phenoxy) is 4. The van der Waals surface area contributed by atoms with Gasteiger partial charge in [0.15, 0.2) is 6.29 Å². The zero-order chi connectivity index (χ0) is 22.3. The monoisotopic (exact) mass is 427 g/mol. The van der Waals surface area contributed by atoms with Crippen molar-refractivity contribution in [1.82, 2.24) is 5.32 Å². The molecular weight excluding hydrogens is 398 g/mol. The molecule has 1 amide bonds. The van der Waals surface area contributed by atoms with Crippen molar-refractivity contribution in [2.45, 2.75) is 51.7 Å². The maximum atomic E-state index is 12.8. The molecule has 1 fully saturated rings. The van der Waals surface area contributed by atoms with Crippen LogP contribution in [0.15, 0.2) is 54.6 Å². The van der Waals surface area contributed by atoms with E-state index in [-0.39, 0.29) is 13.0 Å². The van der Waals surface area contributed by atoms with E-state index in [1.165, 1.54) is 0 Å². The molecule has 0 spiro atoms. The Morgan fingerprint density at radius 2 is 1.71 bits per heavy atom. The molecular formula is C24H29NO6. The van der Waals surface area contributed by atoms with Crippen molar-refractivity contribution in [3.05, 3.63) is 71.3 Å². The first-order valence-electron chi connectivity index (χ1n) is 10.3. The van der Waals surface area contributed by atoms with Crippen molar-refractivity contribution in [1.29, 1.82) is 0 Å². The molecule has 166 valence electrons. The Hall–Kier alpha value is -2.90. The van der Waals surface area contributed by atoms with E-state index >= 15 is 0 Å². The minimum Gasteiger partial charge on any atom is -0.459 e. The lowest BCUT2D eigenvalue weighted by Crippen LogP contribution is -2.45. The van der Waals surface area contributed by atoms with Gasteiger partial charge in [0, 0.05) is 12.0 Å². The average Bonchev–Trinajstić information content (AvgIpc) is 3.26. The quantitative estimate of drug-likeness (QED) is 0.675. The summed E-state index contributed by atoms with van der Waals surface area (Å²) in [4.78, 5) is 25.2. The van der Waals surface area contributed by atoms with Crippen molar-refractivity contribution < 1.29 is 28.5 Å². The second-order valence-electron chi connectivity index (χ2n) is 8.31. The highest BCUT2D eigenvalue weighted by Gasteiger charge is 2.27. The second kappa shape index (κ2) is 10.4. The lowest BCUT2D eigenvalue weighted by atomic mass is 10.0. The third-order valence-electron chi connectivity index (χ3n) is 4.48. The molecule has 1 N–H and O–H groups in total. The zero-order valence-corrected chi connectivity index (χ0v) is 18.1. The Morgan fingerprint density at radius 1 is 1.03 bits per heavy atom. The number of hydrogen-bond donors (Lipinski definition) is 1. The molecule has 0 radical (unpaired) electrons. The SMILES string of the molecule is CC(C)(C)OC(=O)N[C@H](Cc1cccc(C2OCCO2)c1)C(=O)OCc1ccccc1. The fourth-order valence-corrected chi connectivity index (χ4v) is 3.13. The summed E-state index contributed by atoms with van der Waals surface area (Å²) >= 11 is 0. The summed E-state index contributed by atoms with van der Waals surface area (Å²) in [6, 6.07) is 16.0. The van der Waals surface area contributed by atoms with E-state index in [0.29, 0.717) is 13.2 Å². The van der Waals surface area contributed by atoms with Gasteiger partial charge in [-0.1, -0.05) is 54.6 Å². The highest BCUT2D eigenvalue weighted by atomic mass is 16.7. The van der Waals surface area contributed by atoms with Gasteiger partial charge in [0.05, 0.1) is 13.2 Å². The number of benzene rings is 2. The van der Waals surface area contributed by atoms with Crippen LogP contribution in [0.5, 0.6) is 0 Å². The van der Waals surface area contributed by atoms with Gasteiger partial charge < -0.3 is 24.3 Å². The molecule has 2 aromatic rings. The standard InChI is InChI=1S/C24H29NO6/c1-24(2,3)31-23(27)25-20(21(26)30-16-17-8-5-4-6-9-17)15-18-10-7-11-19(14-18)22-28-12-13-29-22/h4-11,14,20,22H,12-13,15-16H2,1-3H3,(H,25,27)/t20-/m1/s1. The first-order chi connectivity index (χ1) is 14.8. The Balaban J connectivity index is 1.70. The largest absolute Gasteiger partial charge is 0.459 e. The average molecular weight is 427 g/mol. The van der Waals surface area contributed by atoms with Gasteiger partial charge in [-0.25, -0.2) is 9.59 Å². The molecule has 2 aromatic carbocycles. The highest BCUT2D eigenvalue weighted by molar-refractivity contribution is 5.81. The molecule has 1 saturated heterocycles. The Kier molecular flexibility index (Phi) is 7.65. The van der Waals surface area contributed by atoms with Crippen LogP contribution in [0.3, 0.4) is 0 Å². The van der Waals surface area contributed by atoms with Crippen LogP contribution in [0, 0.1) is 0 Å². The summed E-state index contributed by atoms with van der Waals surface area (Å²) in [5, 5.41) is 2.65. The molecule has 3 rings (SSSR count). The van der Waals surface area contributed by atoms with Crippen LogP contribution in [0.25, 0.3) is 0 Å². The smallest absolute Gasteiger partial charge is 0.408 e. The van der Waals surface area contributed by atoms with E-state index in [2.05, 4.69) is 5.32 Å². The van der Waals surface area contributed by atoms with Gasteiger partial charge in [0.2, 0.25) is 0 Å². The van der Waals surface area contributed by atoms with E-state index in [1.54, 1.807) is 20.8 Å². The minimum atomic E-state index is -0.903. The summed E-state index contributed by atoms with van der Waals surface area (Å²) in [6.07, 6.45) is -0.844. The fraction of sp³-hybridized carbons (Fsp3) is 0.417. The van der Waals surface area contributed by atoms with E-state index in [9.17, 15) is 9.59 Å². The van der Waals surface area contributed by atoms with E-state index in [4.69, 9.17) is 18.9 Å². The molecule has 0 saturated carbocycles. The molecule has 1 aliphatic heterocycles. The summed E-state index contributed by atoms with van der Waals surface area (Å²) in [5.74, 6) is -0.534. The Labute approximate surface area is 182 Å². The van der Waals surface area contributed by atoms with Gasteiger partial charge in [0.25, 0.3) is 0 Å². The number of amides is 1. The molecule has 7 heteroatoms. The summed E-state index contributed by atoms with van der Waals surface area (Å²) in [7, 11) is 0. The minimum absolute atomic E-state index is 0.121. The van der Waals surface area contributed by atoms with Gasteiger partial charge in [-0.15, -0.1) is 0 Å². The van der Waals surface area contributed by atoms with Crippen LogP contribution >= 0.6 is 0 Å². The normalized spacial score (nSPS) is 15.3. The lowest BCUT2D eigenvalue weighted by Gasteiger charge is -2.23. The molecule has 1 heterocycles. The van der Waals surface area contributed by atoms with Crippen LogP contribution in [-0.2, 0) is 36.8 Å². The van der Waals surface area contributed by atoms with Crippen LogP contribution < -0.4 is 5.32 Å². The second-order valence-corrected chi connectivity index (χ2v) is 8.31. The van der Waals surface area contributed by atoms with E-state index in [1.807, 2.05) is 54.6 Å². The Bertz CT molecular complexity index is 871. The predicted octanol–water partition coefficient (Wildman–Crippen LogP) is 3.91. The third-order valence-corrected chi connectivity index (χ3v) is 4.48. The molecule has 1 aliphatic rings. The number of hydrogen-bond acceptors (Lipinski definition) is 6. The number of alkyl carbamates (subject to hydrolysis) is 1. The molecule has 0 aromatic heterocycles. The zero-order valence-electron chi connectivity index (χ0n) is 18.1. The van der Waals surface area contributed by atoms with Crippen molar-refractivity contribution >= 4 is 12.1 Å². The Morgan fingerprint density at radius 3 is 2.39 bits per heavy atom.